The van der Waals surface area contributed by atoms with Crippen LogP contribution in [0.3, 0.4) is 0 Å². The van der Waals surface area contributed by atoms with Crippen molar-refractivity contribution in [1.29, 1.82) is 0 Å². The zero-order valence-corrected chi connectivity index (χ0v) is 78.1. The van der Waals surface area contributed by atoms with Crippen LogP contribution >= 0.6 is 0 Å². The number of unbranched alkanes of at least 4 members (excludes halogenated alkanes) is 2. The van der Waals surface area contributed by atoms with E-state index < -0.39 is 28.5 Å². The quantitative estimate of drug-likeness (QED) is 0.0254. The first kappa shape index (κ1) is 127. The summed E-state index contributed by atoms with van der Waals surface area (Å²) in [7, 11) is 0. The first-order chi connectivity index (χ1) is 64.6. The fraction of sp³-hybridized carbons (Fsp3) is 0.576. The molecule has 0 spiro atoms. The van der Waals surface area contributed by atoms with Crippen LogP contribution < -0.4 is 69.1 Å². The summed E-state index contributed by atoms with van der Waals surface area (Å²) in [5.41, 5.74) is -2.74. The van der Waals surface area contributed by atoms with Crippen molar-refractivity contribution >= 4 is 76.8 Å². The summed E-state index contributed by atoms with van der Waals surface area (Å²) >= 11 is 0. The second kappa shape index (κ2) is 88.7. The number of nitrogens with one attached hydrogen (secondary N) is 13. The number of amides is 13. The highest BCUT2D eigenvalue weighted by molar-refractivity contribution is 5.91. The lowest BCUT2D eigenvalue weighted by Gasteiger charge is -2.37. The Morgan fingerprint density at radius 2 is 0.366 bits per heavy atom. The molecule has 42 nitrogen and oxygen atoms in total. The lowest BCUT2D eigenvalue weighted by Crippen LogP contribution is -2.47. The number of ether oxygens (including phenoxy) is 14. The van der Waals surface area contributed by atoms with Crippen LogP contribution in [0.5, 0.6) is 0 Å². The van der Waals surface area contributed by atoms with Gasteiger partial charge in [0, 0.05) is 91.7 Å². The van der Waals surface area contributed by atoms with Gasteiger partial charge in [-0.1, -0.05) is 85.5 Å². The topological polar surface area (TPSA) is 548 Å². The maximum absolute atomic E-state index is 11.7. The smallest absolute Gasteiger partial charge is 0.243 e. The number of rotatable bonds is 90. The molecular weight excluding hydrogens is 1750 g/mol. The van der Waals surface area contributed by atoms with Crippen molar-refractivity contribution in [2.75, 3.05) is 263 Å². The van der Waals surface area contributed by atoms with E-state index in [1.54, 1.807) is 0 Å². The van der Waals surface area contributed by atoms with Gasteiger partial charge in [0.15, 0.2) is 0 Å². The molecule has 0 radical (unpaired) electrons. The van der Waals surface area contributed by atoms with Gasteiger partial charge in [0.1, 0.15) is 6.10 Å². The molecule has 0 saturated carbocycles. The van der Waals surface area contributed by atoms with Crippen LogP contribution in [0.25, 0.3) is 0 Å². The molecule has 0 aliphatic rings. The van der Waals surface area contributed by atoms with Crippen LogP contribution in [0.15, 0.2) is 165 Å². The van der Waals surface area contributed by atoms with Gasteiger partial charge in [0.05, 0.1) is 200 Å². The van der Waals surface area contributed by atoms with Gasteiger partial charge < -0.3 is 146 Å². The highest BCUT2D eigenvalue weighted by Crippen LogP contribution is 2.26. The molecule has 0 aromatic rings. The van der Waals surface area contributed by atoms with Gasteiger partial charge in [-0.15, -0.1) is 0 Å². The third-order valence-corrected chi connectivity index (χ3v) is 17.5. The van der Waals surface area contributed by atoms with E-state index in [0.29, 0.717) is 51.9 Å². The second-order valence-corrected chi connectivity index (χ2v) is 29.2. The standard InChI is InChI=1S/C40H64N6O13.C27H47N3O8.C25H40N4O8/c1-7-33(47)41-13-19-53-25-39(26-54-20-14-42-34(48)8-2,27-55-21-15-43-35(49)9-3)31-59-32-40(28-56-22-16-44-36(50)10-4,29-57-23-17-45-37(51)11-5)30-58-24-18-46-38(52)12-6;1-4-25(33)28-14-8-7-9-17-38-24(20-36-18-22(31)12-10-15-29-26(34)5-2)21-37-19-23(32)13-11-16-30-27(35)6-3;1-5-21(30)26-9-13-34-17-25(18-35-14-10-27-22(31)6-2,19-36-15-11-28-23(32)7-3)20-37-16-12-29-24(33)8-4/h7-12H,1-6,13-32H2,(H,41,47)(H,42,48)(H,43,49)(H,44,50)(H,45,51)(H,46,52);4-6,22-24,31-32H,1-3,7-21H2,(H,28,33)(H,29,34)(H,30,35);5-8H,1-4,9-20H2,(H,26,30)(H,27,31)(H,28,32)(H,29,33). The van der Waals surface area contributed by atoms with Crippen LogP contribution in [-0.4, -0.2) is 369 Å². The maximum Gasteiger partial charge on any atom is 0.243 e. The summed E-state index contributed by atoms with van der Waals surface area (Å²) in [5.74, 6) is -4.12. The minimum atomic E-state index is -0.986. The summed E-state index contributed by atoms with van der Waals surface area (Å²) < 4.78 is 82.9. The zero-order chi connectivity index (χ0) is 100. The van der Waals surface area contributed by atoms with Gasteiger partial charge >= 0.3 is 0 Å². The highest BCUT2D eigenvalue weighted by atomic mass is 16.6. The zero-order valence-electron chi connectivity index (χ0n) is 78.1. The first-order valence-electron chi connectivity index (χ1n) is 43.8. The predicted octanol–water partition coefficient (Wildman–Crippen LogP) is -1.10. The fourth-order valence-electron chi connectivity index (χ4n) is 10.5. The Morgan fingerprint density at radius 1 is 0.201 bits per heavy atom. The molecule has 0 rings (SSSR count). The van der Waals surface area contributed by atoms with E-state index in [0.717, 1.165) is 55.7 Å². The molecule has 42 heteroatoms. The van der Waals surface area contributed by atoms with Crippen molar-refractivity contribution in [1.82, 2.24) is 69.1 Å². The fourth-order valence-corrected chi connectivity index (χ4v) is 10.5. The number of aliphatic hydroxyl groups excluding tert-OH is 2. The van der Waals surface area contributed by atoms with E-state index in [9.17, 15) is 72.5 Å². The van der Waals surface area contributed by atoms with E-state index >= 15 is 0 Å². The Morgan fingerprint density at radius 3 is 0.545 bits per heavy atom. The highest BCUT2D eigenvalue weighted by Gasteiger charge is 2.38. The van der Waals surface area contributed by atoms with Crippen molar-refractivity contribution in [3.63, 3.8) is 0 Å². The number of hydrogen-bond donors (Lipinski definition) is 15. The minimum Gasteiger partial charge on any atom is -0.391 e. The molecule has 0 bridgehead atoms. The first-order valence-corrected chi connectivity index (χ1v) is 43.8. The third kappa shape index (κ3) is 78.6. The molecule has 0 aromatic heterocycles. The van der Waals surface area contributed by atoms with E-state index in [1.165, 1.54) is 42.5 Å². The maximum atomic E-state index is 11.7. The summed E-state index contributed by atoms with van der Waals surface area (Å²) in [6, 6.07) is 0. The van der Waals surface area contributed by atoms with Gasteiger partial charge in [-0.05, 0) is 124 Å². The molecule has 2 unspecified atom stereocenters. The average Bonchev–Trinajstić information content (AvgIpc) is 0.770. The Hall–Kier alpha value is -10.9. The van der Waals surface area contributed by atoms with E-state index in [2.05, 4.69) is 155 Å². The molecule has 0 aromatic carbocycles. The molecule has 134 heavy (non-hydrogen) atoms. The summed E-state index contributed by atoms with van der Waals surface area (Å²) in [5, 5.41) is 54.7. The molecule has 13 amide bonds. The number of carbonyl (C=O) groups is 13. The molecule has 758 valence electrons. The normalized spacial score (nSPS) is 11.5. The van der Waals surface area contributed by atoms with Gasteiger partial charge in [0.2, 0.25) is 76.8 Å². The minimum absolute atomic E-state index is 0.0218. The van der Waals surface area contributed by atoms with Gasteiger partial charge in [-0.2, -0.15) is 0 Å². The summed E-state index contributed by atoms with van der Waals surface area (Å²) in [6.07, 6.45) is 18.1. The Bertz CT molecular complexity index is 3050. The van der Waals surface area contributed by atoms with Crippen LogP contribution in [0.2, 0.25) is 0 Å². The van der Waals surface area contributed by atoms with E-state index in [4.69, 9.17) is 66.3 Å². The second-order valence-electron chi connectivity index (χ2n) is 29.2. The van der Waals surface area contributed by atoms with Crippen molar-refractivity contribution < 1.29 is 139 Å². The molecule has 0 saturated heterocycles. The largest absolute Gasteiger partial charge is 0.391 e. The van der Waals surface area contributed by atoms with E-state index in [1.807, 2.05) is 0 Å². The molecule has 2 atom stereocenters. The lowest BCUT2D eigenvalue weighted by molar-refractivity contribution is -0.142. The van der Waals surface area contributed by atoms with Crippen molar-refractivity contribution in [2.45, 2.75) is 63.3 Å². The molecule has 0 fully saturated rings. The van der Waals surface area contributed by atoms with Crippen molar-refractivity contribution in [3.8, 4) is 0 Å². The predicted molar refractivity (Wildman–Crippen MR) is 504 cm³/mol. The monoisotopic (exact) mass is 1900 g/mol. The Balaban J connectivity index is -0.00000200. The third-order valence-electron chi connectivity index (χ3n) is 17.5. The average molecular weight is 1900 g/mol. The Labute approximate surface area is 788 Å². The van der Waals surface area contributed by atoms with Crippen molar-refractivity contribution in [3.05, 3.63) is 165 Å². The van der Waals surface area contributed by atoms with E-state index in [-0.39, 0.29) is 320 Å². The SMILES string of the molecule is C=CC(=O)NCCCCCOC(COCC(O)CCCNC(=O)C=C)COCC(O)CCCNC(=O)C=C.C=CC(=O)NCCOCC(COCCNC(=O)C=C)(COCCNC(=O)C=C)COCC(COCCNC(=O)C=C)(COCCNC(=O)C=C)COCCNC(=O)C=C.C=CC(=O)NCCOCC(COCCNC(=O)C=C)(COCCNC(=O)C=C)COCCNC(=O)C=C. The summed E-state index contributed by atoms with van der Waals surface area (Å²) in [4.78, 5) is 149. The van der Waals surface area contributed by atoms with Crippen LogP contribution in [-0.2, 0) is 129 Å². The Kier molecular flexibility index (Phi) is 84.2. The molecule has 0 aliphatic heterocycles. The van der Waals surface area contributed by atoms with Crippen LogP contribution in [0.4, 0.5) is 0 Å². The van der Waals surface area contributed by atoms with Crippen molar-refractivity contribution in [2.24, 2.45) is 16.2 Å². The van der Waals surface area contributed by atoms with Gasteiger partial charge in [0.25, 0.3) is 0 Å². The van der Waals surface area contributed by atoms with Crippen LogP contribution in [0.1, 0.15) is 44.9 Å². The van der Waals surface area contributed by atoms with Crippen LogP contribution in [0, 0.1) is 16.2 Å². The van der Waals surface area contributed by atoms with Gasteiger partial charge in [-0.25, -0.2) is 0 Å². The lowest BCUT2D eigenvalue weighted by atomic mass is 9.90. The number of hydrogen-bond acceptors (Lipinski definition) is 29. The molecule has 0 aliphatic carbocycles. The van der Waals surface area contributed by atoms with Gasteiger partial charge in [-0.3, -0.25) is 62.3 Å². The molecule has 0 heterocycles. The summed E-state index contributed by atoms with van der Waals surface area (Å²) in [6.45, 7) is 51.7. The molecule has 15 N–H and O–H groups in total. The number of aliphatic hydroxyl groups is 2. The number of carbonyl (C=O) groups excluding carboxylic acids is 13. The molecular formula is C92H151N13O29.